The first kappa shape index (κ1) is 16.6. The lowest BCUT2D eigenvalue weighted by Gasteiger charge is -2.33. The number of nitrogens with zero attached hydrogens (tertiary/aromatic N) is 5. The molecule has 4 rings (SSSR count). The first-order valence-electron chi connectivity index (χ1n) is 8.78. The maximum Gasteiger partial charge on any atom is 0.274 e. The molecule has 9 heteroatoms. The topological polar surface area (TPSA) is 99.0 Å². The Labute approximate surface area is 145 Å². The van der Waals surface area contributed by atoms with Gasteiger partial charge in [0.25, 0.3) is 11.3 Å². The summed E-state index contributed by atoms with van der Waals surface area (Å²) in [5.74, 6) is 0.362. The Bertz CT molecular complexity index is 784. The lowest BCUT2D eigenvalue weighted by molar-refractivity contribution is -0.0549. The highest BCUT2D eigenvalue weighted by atomic mass is 16.5. The maximum atomic E-state index is 12.1. The maximum absolute atomic E-state index is 12.1. The molecule has 0 aromatic carbocycles. The third-order valence-electron chi connectivity index (χ3n) is 4.86. The second-order valence-electron chi connectivity index (χ2n) is 7.08. The van der Waals surface area contributed by atoms with Crippen molar-refractivity contribution in [3.05, 3.63) is 28.4 Å². The van der Waals surface area contributed by atoms with Gasteiger partial charge in [0.05, 0.1) is 18.9 Å². The average Bonchev–Trinajstić information content (AvgIpc) is 3.19. The van der Waals surface area contributed by atoms with Crippen LogP contribution in [0.3, 0.4) is 0 Å². The van der Waals surface area contributed by atoms with Gasteiger partial charge in [0.2, 0.25) is 0 Å². The van der Waals surface area contributed by atoms with Crippen molar-refractivity contribution in [1.82, 2.24) is 29.4 Å². The molecule has 2 aromatic rings. The summed E-state index contributed by atoms with van der Waals surface area (Å²) in [7, 11) is 0. The number of aliphatic hydroxyl groups is 1. The van der Waals surface area contributed by atoms with Gasteiger partial charge in [-0.1, -0.05) is 0 Å². The van der Waals surface area contributed by atoms with Crippen LogP contribution in [0, 0.1) is 0 Å². The third kappa shape index (κ3) is 3.74. The molecule has 2 aromatic heterocycles. The number of aromatic nitrogens is 4. The highest BCUT2D eigenvalue weighted by molar-refractivity contribution is 5.26. The number of β-amino-alcohol motifs (C(OH)–C–C–N with tert-alkyl or cyclic N) is 1. The molecule has 4 heterocycles. The summed E-state index contributed by atoms with van der Waals surface area (Å²) in [5, 5.41) is 13.8. The zero-order valence-electron chi connectivity index (χ0n) is 14.2. The summed E-state index contributed by atoms with van der Waals surface area (Å²) < 4.78 is 6.95. The molecule has 0 radical (unpaired) electrons. The van der Waals surface area contributed by atoms with Crippen molar-refractivity contribution in [1.29, 1.82) is 0 Å². The van der Waals surface area contributed by atoms with Crippen molar-refractivity contribution in [2.45, 2.75) is 25.0 Å². The number of nitrogens with one attached hydrogen (secondary N) is 1. The molecule has 2 aliphatic rings. The Morgan fingerprint density at radius 3 is 2.96 bits per heavy atom. The van der Waals surface area contributed by atoms with E-state index in [1.165, 1.54) is 29.8 Å². The fourth-order valence-electron chi connectivity index (χ4n) is 3.76. The minimum atomic E-state index is -0.897. The van der Waals surface area contributed by atoms with E-state index in [1.54, 1.807) is 0 Å². The lowest BCUT2D eigenvalue weighted by Crippen LogP contribution is -2.51. The number of H-pyrrole nitrogens is 1. The Morgan fingerprint density at radius 2 is 2.12 bits per heavy atom. The molecule has 0 bridgehead atoms. The van der Waals surface area contributed by atoms with Crippen LogP contribution in [0.25, 0.3) is 5.78 Å². The Hall–Kier alpha value is -1.81. The van der Waals surface area contributed by atoms with Gasteiger partial charge in [0.15, 0.2) is 0 Å². The summed E-state index contributed by atoms with van der Waals surface area (Å²) in [6.45, 7) is 5.30. The summed E-state index contributed by atoms with van der Waals surface area (Å²) in [4.78, 5) is 24.9. The van der Waals surface area contributed by atoms with E-state index in [4.69, 9.17) is 4.74 Å². The number of rotatable bonds is 4. The van der Waals surface area contributed by atoms with Crippen molar-refractivity contribution in [2.75, 3.05) is 45.9 Å². The van der Waals surface area contributed by atoms with Crippen LogP contribution in [0.1, 0.15) is 18.5 Å². The zero-order chi connectivity index (χ0) is 17.3. The summed E-state index contributed by atoms with van der Waals surface area (Å²) in [6, 6.07) is 1.51. The van der Waals surface area contributed by atoms with Crippen molar-refractivity contribution in [3.63, 3.8) is 0 Å². The van der Waals surface area contributed by atoms with Gasteiger partial charge in [-0.3, -0.25) is 14.8 Å². The number of hydrogen-bond acceptors (Lipinski definition) is 7. The van der Waals surface area contributed by atoms with Gasteiger partial charge in [-0.2, -0.15) is 4.52 Å². The van der Waals surface area contributed by atoms with Crippen molar-refractivity contribution in [3.8, 4) is 0 Å². The van der Waals surface area contributed by atoms with Crippen LogP contribution in [0.4, 0.5) is 0 Å². The van der Waals surface area contributed by atoms with E-state index in [1.807, 2.05) is 0 Å². The fraction of sp³-hybridized carbons (Fsp3) is 0.688. The zero-order valence-corrected chi connectivity index (χ0v) is 14.2. The van der Waals surface area contributed by atoms with Crippen LogP contribution in [0.15, 0.2) is 17.2 Å². The average molecular weight is 348 g/mol. The minimum absolute atomic E-state index is 0.184. The molecule has 1 atom stereocenters. The first-order valence-corrected chi connectivity index (χ1v) is 8.78. The highest BCUT2D eigenvalue weighted by Gasteiger charge is 2.35. The summed E-state index contributed by atoms with van der Waals surface area (Å²) >= 11 is 0. The van der Waals surface area contributed by atoms with E-state index in [9.17, 15) is 9.90 Å². The van der Waals surface area contributed by atoms with Crippen LogP contribution in [0.5, 0.6) is 0 Å². The van der Waals surface area contributed by atoms with Gasteiger partial charge in [0.1, 0.15) is 11.9 Å². The van der Waals surface area contributed by atoms with Crippen LogP contribution < -0.4 is 5.56 Å². The molecule has 0 unspecified atom stereocenters. The molecule has 0 aliphatic carbocycles. The fourth-order valence-corrected chi connectivity index (χ4v) is 3.76. The molecule has 0 saturated carbocycles. The molecular formula is C16H24N6O3. The molecule has 2 N–H and O–H groups in total. The third-order valence-corrected chi connectivity index (χ3v) is 4.86. The number of fused-ring (bicyclic) bond motifs is 1. The Balaban J connectivity index is 1.49. The Morgan fingerprint density at radius 1 is 1.28 bits per heavy atom. The van der Waals surface area contributed by atoms with Gasteiger partial charge < -0.3 is 14.7 Å². The van der Waals surface area contributed by atoms with Gasteiger partial charge in [-0.25, -0.2) is 9.97 Å². The van der Waals surface area contributed by atoms with Crippen LogP contribution >= 0.6 is 0 Å². The number of hydrogen-bond donors (Lipinski definition) is 2. The van der Waals surface area contributed by atoms with E-state index in [-0.39, 0.29) is 5.56 Å². The van der Waals surface area contributed by atoms with Gasteiger partial charge in [-0.05, 0) is 25.9 Å². The van der Waals surface area contributed by atoms with E-state index >= 15 is 0 Å². The second kappa shape index (κ2) is 6.83. The van der Waals surface area contributed by atoms with Crippen LogP contribution in [-0.2, 0) is 11.3 Å². The standard InChI is InChI=1S/C16H24N6O3/c23-14-7-13(19-15-17-12-18-22(14)15)8-21-5-6-25-11-16(24,10-21)9-20-3-1-2-4-20/h7,12,24H,1-6,8-11H2,(H,17,18,19)/t16-/m0/s1. The lowest BCUT2D eigenvalue weighted by atomic mass is 10.0. The molecule has 9 nitrogen and oxygen atoms in total. The molecule has 0 spiro atoms. The molecule has 25 heavy (non-hydrogen) atoms. The Kier molecular flexibility index (Phi) is 4.55. The van der Waals surface area contributed by atoms with Gasteiger partial charge >= 0.3 is 0 Å². The van der Waals surface area contributed by atoms with Crippen LogP contribution in [0.2, 0.25) is 0 Å². The molecular weight excluding hydrogens is 324 g/mol. The van der Waals surface area contributed by atoms with Crippen molar-refractivity contribution < 1.29 is 9.84 Å². The molecule has 2 fully saturated rings. The predicted molar refractivity (Wildman–Crippen MR) is 90.3 cm³/mol. The molecule has 2 saturated heterocycles. The van der Waals surface area contributed by atoms with Gasteiger partial charge in [-0.15, -0.1) is 0 Å². The summed E-state index contributed by atoms with van der Waals surface area (Å²) in [6.07, 6.45) is 3.83. The molecule has 0 amide bonds. The molecule has 2 aliphatic heterocycles. The predicted octanol–water partition coefficient (Wildman–Crippen LogP) is -0.923. The highest BCUT2D eigenvalue weighted by Crippen LogP contribution is 2.18. The largest absolute Gasteiger partial charge is 0.385 e. The van der Waals surface area contributed by atoms with E-state index in [0.717, 1.165) is 13.1 Å². The summed E-state index contributed by atoms with van der Waals surface area (Å²) in [5.41, 5.74) is -0.426. The number of aromatic amines is 1. The van der Waals surface area contributed by atoms with Crippen LogP contribution in [-0.4, -0.2) is 86.0 Å². The minimum Gasteiger partial charge on any atom is -0.385 e. The van der Waals surface area contributed by atoms with Gasteiger partial charge in [0, 0.05) is 32.2 Å². The normalized spacial score (nSPS) is 26.3. The van der Waals surface area contributed by atoms with Crippen molar-refractivity contribution in [2.24, 2.45) is 0 Å². The second-order valence-corrected chi connectivity index (χ2v) is 7.08. The quantitative estimate of drug-likeness (QED) is 0.737. The smallest absolute Gasteiger partial charge is 0.274 e. The SMILES string of the molecule is O=c1cc(CN2CCOC[C@](O)(CN3CCCC3)C2)nc2nc[nH]n12. The van der Waals surface area contributed by atoms with Crippen molar-refractivity contribution >= 4 is 5.78 Å². The van der Waals surface area contributed by atoms with E-state index in [0.29, 0.717) is 50.9 Å². The monoisotopic (exact) mass is 348 g/mol. The molecule has 136 valence electrons. The van der Waals surface area contributed by atoms with E-state index < -0.39 is 5.60 Å². The number of likely N-dealkylation sites (tertiary alicyclic amines) is 1. The first-order chi connectivity index (χ1) is 12.1. The number of ether oxygens (including phenoxy) is 1. The van der Waals surface area contributed by atoms with E-state index in [2.05, 4.69) is 24.9 Å².